The molecule has 14 heavy (non-hydrogen) atoms. The first kappa shape index (κ1) is 10.9. The molecule has 1 rings (SSSR count). The standard InChI is InChI=1S/C11H16O3/c1-7-6-9(4-3-5-12)11(14)10(13)8(7)2/h6,12-14H,3-5H2,1-2H3. The Bertz CT molecular complexity index is 332. The van der Waals surface area contributed by atoms with E-state index < -0.39 is 0 Å². The molecule has 0 bridgehead atoms. The molecular weight excluding hydrogens is 180 g/mol. The fourth-order valence-electron chi connectivity index (χ4n) is 1.41. The van der Waals surface area contributed by atoms with Gasteiger partial charge in [0, 0.05) is 6.61 Å². The molecule has 0 aliphatic carbocycles. The van der Waals surface area contributed by atoms with Crippen LogP contribution in [-0.2, 0) is 6.42 Å². The van der Waals surface area contributed by atoms with Crippen LogP contribution in [0.5, 0.6) is 11.5 Å². The van der Waals surface area contributed by atoms with Crippen LogP contribution in [0.1, 0.15) is 23.1 Å². The van der Waals surface area contributed by atoms with Crippen molar-refractivity contribution in [2.24, 2.45) is 0 Å². The predicted octanol–water partition coefficient (Wildman–Crippen LogP) is 1.64. The van der Waals surface area contributed by atoms with E-state index in [0.29, 0.717) is 24.0 Å². The first-order valence-electron chi connectivity index (χ1n) is 4.69. The second kappa shape index (κ2) is 4.33. The highest BCUT2D eigenvalue weighted by atomic mass is 16.3. The third-order valence-electron chi connectivity index (χ3n) is 2.47. The molecule has 0 saturated carbocycles. The highest BCUT2D eigenvalue weighted by Gasteiger charge is 2.11. The number of benzene rings is 1. The average Bonchev–Trinajstić information content (AvgIpc) is 2.18. The van der Waals surface area contributed by atoms with Crippen LogP contribution in [0, 0.1) is 13.8 Å². The number of aryl methyl sites for hydroxylation is 2. The zero-order valence-electron chi connectivity index (χ0n) is 8.54. The first-order valence-corrected chi connectivity index (χ1v) is 4.69. The molecule has 0 heterocycles. The quantitative estimate of drug-likeness (QED) is 0.644. The third-order valence-corrected chi connectivity index (χ3v) is 2.47. The van der Waals surface area contributed by atoms with Crippen molar-refractivity contribution in [3.8, 4) is 11.5 Å². The molecule has 0 spiro atoms. The van der Waals surface area contributed by atoms with Crippen molar-refractivity contribution < 1.29 is 15.3 Å². The van der Waals surface area contributed by atoms with Crippen LogP contribution in [0.15, 0.2) is 6.07 Å². The monoisotopic (exact) mass is 196 g/mol. The van der Waals surface area contributed by atoms with Gasteiger partial charge in [0.25, 0.3) is 0 Å². The summed E-state index contributed by atoms with van der Waals surface area (Å²) >= 11 is 0. The zero-order valence-corrected chi connectivity index (χ0v) is 8.54. The highest BCUT2D eigenvalue weighted by Crippen LogP contribution is 2.34. The number of aliphatic hydroxyl groups is 1. The van der Waals surface area contributed by atoms with Gasteiger partial charge in [-0.05, 0) is 43.4 Å². The smallest absolute Gasteiger partial charge is 0.160 e. The molecule has 0 radical (unpaired) electrons. The normalized spacial score (nSPS) is 10.5. The van der Waals surface area contributed by atoms with Gasteiger partial charge in [0.15, 0.2) is 11.5 Å². The predicted molar refractivity (Wildman–Crippen MR) is 54.7 cm³/mol. The van der Waals surface area contributed by atoms with E-state index in [-0.39, 0.29) is 18.1 Å². The Morgan fingerprint density at radius 2 is 1.79 bits per heavy atom. The molecule has 1 aromatic rings. The number of hydrogen-bond acceptors (Lipinski definition) is 3. The van der Waals surface area contributed by atoms with E-state index in [2.05, 4.69) is 0 Å². The van der Waals surface area contributed by atoms with Crippen molar-refractivity contribution in [3.63, 3.8) is 0 Å². The van der Waals surface area contributed by atoms with Gasteiger partial charge in [0.05, 0.1) is 0 Å². The van der Waals surface area contributed by atoms with Crippen molar-refractivity contribution in [2.45, 2.75) is 26.7 Å². The molecule has 3 heteroatoms. The SMILES string of the molecule is Cc1cc(CCCO)c(O)c(O)c1C. The topological polar surface area (TPSA) is 60.7 Å². The minimum absolute atomic E-state index is 0.0436. The maximum Gasteiger partial charge on any atom is 0.160 e. The van der Waals surface area contributed by atoms with Gasteiger partial charge in [0.1, 0.15) is 0 Å². The number of phenolic OH excluding ortho intramolecular Hbond substituents is 2. The Morgan fingerprint density at radius 3 is 2.36 bits per heavy atom. The van der Waals surface area contributed by atoms with Gasteiger partial charge in [-0.2, -0.15) is 0 Å². The van der Waals surface area contributed by atoms with Crippen LogP contribution in [0.25, 0.3) is 0 Å². The van der Waals surface area contributed by atoms with Gasteiger partial charge in [0.2, 0.25) is 0 Å². The van der Waals surface area contributed by atoms with E-state index in [0.717, 1.165) is 5.56 Å². The van der Waals surface area contributed by atoms with Gasteiger partial charge < -0.3 is 15.3 Å². The largest absolute Gasteiger partial charge is 0.504 e. The number of aliphatic hydroxyl groups excluding tert-OH is 1. The summed E-state index contributed by atoms with van der Waals surface area (Å²) in [6.07, 6.45) is 1.17. The minimum atomic E-state index is -0.0541. The van der Waals surface area contributed by atoms with E-state index in [1.165, 1.54) is 0 Å². The van der Waals surface area contributed by atoms with Crippen molar-refractivity contribution in [3.05, 3.63) is 22.8 Å². The maximum atomic E-state index is 9.60. The van der Waals surface area contributed by atoms with Gasteiger partial charge >= 0.3 is 0 Å². The molecule has 0 aromatic heterocycles. The molecule has 0 saturated heterocycles. The summed E-state index contributed by atoms with van der Waals surface area (Å²) in [5.41, 5.74) is 2.35. The van der Waals surface area contributed by atoms with E-state index in [9.17, 15) is 10.2 Å². The van der Waals surface area contributed by atoms with Crippen molar-refractivity contribution in [1.82, 2.24) is 0 Å². The van der Waals surface area contributed by atoms with Crippen LogP contribution in [0.3, 0.4) is 0 Å². The van der Waals surface area contributed by atoms with Gasteiger partial charge in [-0.3, -0.25) is 0 Å². The maximum absolute atomic E-state index is 9.60. The van der Waals surface area contributed by atoms with Crippen LogP contribution >= 0.6 is 0 Å². The van der Waals surface area contributed by atoms with E-state index in [1.54, 1.807) is 6.92 Å². The highest BCUT2D eigenvalue weighted by molar-refractivity contribution is 5.53. The zero-order chi connectivity index (χ0) is 10.7. The molecule has 0 unspecified atom stereocenters. The summed E-state index contributed by atoms with van der Waals surface area (Å²) in [5.74, 6) is -0.0977. The Balaban J connectivity index is 3.06. The molecule has 78 valence electrons. The molecular formula is C11H16O3. The summed E-state index contributed by atoms with van der Waals surface area (Å²) in [6.45, 7) is 3.74. The summed E-state index contributed by atoms with van der Waals surface area (Å²) < 4.78 is 0. The molecule has 1 aromatic carbocycles. The summed E-state index contributed by atoms with van der Waals surface area (Å²) in [4.78, 5) is 0. The molecule has 0 atom stereocenters. The number of aromatic hydroxyl groups is 2. The van der Waals surface area contributed by atoms with Crippen LogP contribution < -0.4 is 0 Å². The third kappa shape index (κ3) is 1.99. The Morgan fingerprint density at radius 1 is 1.14 bits per heavy atom. The second-order valence-electron chi connectivity index (χ2n) is 3.50. The van der Waals surface area contributed by atoms with E-state index >= 15 is 0 Å². The average molecular weight is 196 g/mol. The summed E-state index contributed by atoms with van der Waals surface area (Å²) in [5, 5.41) is 27.8. The summed E-state index contributed by atoms with van der Waals surface area (Å²) in [6, 6.07) is 1.85. The molecule has 3 N–H and O–H groups in total. The molecule has 0 aliphatic rings. The van der Waals surface area contributed by atoms with Crippen molar-refractivity contribution in [1.29, 1.82) is 0 Å². The van der Waals surface area contributed by atoms with Crippen molar-refractivity contribution in [2.75, 3.05) is 6.61 Å². The Kier molecular flexibility index (Phi) is 3.36. The van der Waals surface area contributed by atoms with E-state index in [4.69, 9.17) is 5.11 Å². The lowest BCUT2D eigenvalue weighted by molar-refractivity contribution is 0.287. The fraction of sp³-hybridized carbons (Fsp3) is 0.455. The molecule has 0 aliphatic heterocycles. The molecule has 0 amide bonds. The first-order chi connectivity index (χ1) is 6.57. The van der Waals surface area contributed by atoms with Crippen molar-refractivity contribution >= 4 is 0 Å². The van der Waals surface area contributed by atoms with Crippen LogP contribution in [0.2, 0.25) is 0 Å². The summed E-state index contributed by atoms with van der Waals surface area (Å²) in [7, 11) is 0. The van der Waals surface area contributed by atoms with Gasteiger partial charge in [-0.1, -0.05) is 6.07 Å². The fourth-order valence-corrected chi connectivity index (χ4v) is 1.41. The molecule has 3 nitrogen and oxygen atoms in total. The molecule has 0 fully saturated rings. The second-order valence-corrected chi connectivity index (χ2v) is 3.50. The minimum Gasteiger partial charge on any atom is -0.504 e. The number of rotatable bonds is 3. The van der Waals surface area contributed by atoms with Gasteiger partial charge in [-0.25, -0.2) is 0 Å². The lowest BCUT2D eigenvalue weighted by atomic mass is 10.0. The van der Waals surface area contributed by atoms with E-state index in [1.807, 2.05) is 13.0 Å². The van der Waals surface area contributed by atoms with Crippen LogP contribution in [-0.4, -0.2) is 21.9 Å². The number of phenols is 2. The Hall–Kier alpha value is -1.22. The van der Waals surface area contributed by atoms with Crippen LogP contribution in [0.4, 0.5) is 0 Å². The lowest BCUT2D eigenvalue weighted by Gasteiger charge is -2.10. The van der Waals surface area contributed by atoms with Gasteiger partial charge in [-0.15, -0.1) is 0 Å². The lowest BCUT2D eigenvalue weighted by Crippen LogP contribution is -1.93. The number of hydrogen-bond donors (Lipinski definition) is 3. The Labute approximate surface area is 83.6 Å².